The van der Waals surface area contributed by atoms with Crippen molar-refractivity contribution in [3.63, 3.8) is 0 Å². The van der Waals surface area contributed by atoms with E-state index in [1.54, 1.807) is 6.07 Å². The average molecular weight is 253 g/mol. The Kier molecular flexibility index (Phi) is 4.43. The molecule has 2 nitrogen and oxygen atoms in total. The van der Waals surface area contributed by atoms with Crippen LogP contribution in [0.1, 0.15) is 37.7 Å². The number of halogens is 1. The molecule has 0 heterocycles. The minimum absolute atomic E-state index is 0.124. The third-order valence-corrected chi connectivity index (χ3v) is 3.51. The molecule has 0 bridgehead atoms. The Balaban J connectivity index is 1.86. The van der Waals surface area contributed by atoms with Gasteiger partial charge in [-0.25, -0.2) is 0 Å². The molecule has 1 aromatic rings. The van der Waals surface area contributed by atoms with Crippen LogP contribution in [0.5, 0.6) is 0 Å². The Morgan fingerprint density at radius 2 is 1.94 bits per heavy atom. The molecule has 1 aliphatic carbocycles. The van der Waals surface area contributed by atoms with E-state index in [0.717, 1.165) is 18.4 Å². The molecule has 0 N–H and O–H groups in total. The highest BCUT2D eigenvalue weighted by Gasteiger charge is 2.18. The van der Waals surface area contributed by atoms with Crippen LogP contribution in [-0.2, 0) is 16.0 Å². The normalized spacial score (nSPS) is 16.8. The zero-order chi connectivity index (χ0) is 12.1. The summed E-state index contributed by atoms with van der Waals surface area (Å²) in [5.41, 5.74) is 0.843. The summed E-state index contributed by atoms with van der Waals surface area (Å²) in [6.07, 6.45) is 6.02. The van der Waals surface area contributed by atoms with E-state index in [-0.39, 0.29) is 18.5 Å². The highest BCUT2D eigenvalue weighted by Crippen LogP contribution is 2.21. The summed E-state index contributed by atoms with van der Waals surface area (Å²) < 4.78 is 5.45. The highest BCUT2D eigenvalue weighted by atomic mass is 35.5. The second-order valence-electron chi connectivity index (χ2n) is 4.52. The number of ether oxygens (including phenoxy) is 1. The first-order chi connectivity index (χ1) is 8.25. The third-order valence-electron chi connectivity index (χ3n) is 3.14. The average Bonchev–Trinajstić information content (AvgIpc) is 2.33. The Hall–Kier alpha value is -1.02. The number of rotatable bonds is 3. The molecule has 0 aromatic heterocycles. The molecule has 17 heavy (non-hydrogen) atoms. The molecule has 1 aromatic carbocycles. The van der Waals surface area contributed by atoms with Gasteiger partial charge >= 0.3 is 5.97 Å². The Labute approximate surface area is 107 Å². The molecule has 0 atom stereocenters. The third kappa shape index (κ3) is 3.74. The van der Waals surface area contributed by atoms with E-state index in [2.05, 4.69) is 0 Å². The van der Waals surface area contributed by atoms with Crippen LogP contribution < -0.4 is 0 Å². The van der Waals surface area contributed by atoms with Gasteiger partial charge in [-0.05, 0) is 37.3 Å². The SMILES string of the molecule is O=C(Cc1ccccc1Cl)OC1CCCCC1. The molecule has 1 saturated carbocycles. The summed E-state index contributed by atoms with van der Waals surface area (Å²) in [6.45, 7) is 0. The van der Waals surface area contributed by atoms with Crippen molar-refractivity contribution in [3.8, 4) is 0 Å². The number of hydrogen-bond acceptors (Lipinski definition) is 2. The Bertz CT molecular complexity index is 384. The molecule has 0 radical (unpaired) electrons. The molecule has 0 aliphatic heterocycles. The molecule has 2 rings (SSSR count). The van der Waals surface area contributed by atoms with Crippen molar-refractivity contribution in [2.24, 2.45) is 0 Å². The number of hydrogen-bond donors (Lipinski definition) is 0. The van der Waals surface area contributed by atoms with E-state index in [9.17, 15) is 4.79 Å². The molecule has 1 aliphatic rings. The lowest BCUT2D eigenvalue weighted by molar-refractivity contribution is -0.149. The van der Waals surface area contributed by atoms with Crippen LogP contribution in [0.3, 0.4) is 0 Å². The van der Waals surface area contributed by atoms with Gasteiger partial charge in [-0.15, -0.1) is 0 Å². The summed E-state index contributed by atoms with van der Waals surface area (Å²) in [6, 6.07) is 7.41. The fourth-order valence-electron chi connectivity index (χ4n) is 2.21. The van der Waals surface area contributed by atoms with E-state index in [4.69, 9.17) is 16.3 Å². The van der Waals surface area contributed by atoms with Gasteiger partial charge in [0.25, 0.3) is 0 Å². The Morgan fingerprint density at radius 3 is 2.65 bits per heavy atom. The summed E-state index contributed by atoms with van der Waals surface area (Å²) >= 11 is 6.00. The fourth-order valence-corrected chi connectivity index (χ4v) is 2.41. The summed E-state index contributed by atoms with van der Waals surface area (Å²) in [4.78, 5) is 11.8. The molecular weight excluding hydrogens is 236 g/mol. The maximum absolute atomic E-state index is 11.8. The Morgan fingerprint density at radius 1 is 1.24 bits per heavy atom. The van der Waals surface area contributed by atoms with Crippen molar-refractivity contribution in [1.29, 1.82) is 0 Å². The zero-order valence-electron chi connectivity index (χ0n) is 9.82. The van der Waals surface area contributed by atoms with Crippen molar-refractivity contribution in [1.82, 2.24) is 0 Å². The van der Waals surface area contributed by atoms with E-state index in [1.807, 2.05) is 18.2 Å². The summed E-state index contributed by atoms with van der Waals surface area (Å²) in [7, 11) is 0. The standard InChI is InChI=1S/C14H17ClO2/c15-13-9-5-4-6-11(13)10-14(16)17-12-7-2-1-3-8-12/h4-6,9,12H,1-3,7-8,10H2. The van der Waals surface area contributed by atoms with E-state index < -0.39 is 0 Å². The molecule has 3 heteroatoms. The second-order valence-corrected chi connectivity index (χ2v) is 4.93. The lowest BCUT2D eigenvalue weighted by Gasteiger charge is -2.21. The van der Waals surface area contributed by atoms with Crippen LogP contribution in [0.4, 0.5) is 0 Å². The molecule has 92 valence electrons. The van der Waals surface area contributed by atoms with E-state index in [0.29, 0.717) is 5.02 Å². The highest BCUT2D eigenvalue weighted by molar-refractivity contribution is 6.31. The molecule has 0 spiro atoms. The van der Waals surface area contributed by atoms with Gasteiger partial charge in [-0.3, -0.25) is 4.79 Å². The van der Waals surface area contributed by atoms with Gasteiger partial charge in [-0.2, -0.15) is 0 Å². The lowest BCUT2D eigenvalue weighted by atomic mass is 9.98. The maximum Gasteiger partial charge on any atom is 0.310 e. The zero-order valence-corrected chi connectivity index (χ0v) is 10.6. The van der Waals surface area contributed by atoms with E-state index >= 15 is 0 Å². The predicted octanol–water partition coefficient (Wildman–Crippen LogP) is 3.76. The number of carbonyl (C=O) groups excluding carboxylic acids is 1. The smallest absolute Gasteiger partial charge is 0.310 e. The topological polar surface area (TPSA) is 26.3 Å². The van der Waals surface area contributed by atoms with E-state index in [1.165, 1.54) is 19.3 Å². The summed E-state index contributed by atoms with van der Waals surface area (Å²) in [5, 5.41) is 0.632. The van der Waals surface area contributed by atoms with Crippen molar-refractivity contribution in [3.05, 3.63) is 34.9 Å². The molecular formula is C14H17ClO2. The van der Waals surface area contributed by atoms with Gasteiger partial charge in [0.15, 0.2) is 0 Å². The van der Waals surface area contributed by atoms with Crippen molar-refractivity contribution in [2.45, 2.75) is 44.6 Å². The number of esters is 1. The van der Waals surface area contributed by atoms with Gasteiger partial charge in [0.1, 0.15) is 6.10 Å². The molecule has 0 amide bonds. The first-order valence-electron chi connectivity index (χ1n) is 6.18. The van der Waals surface area contributed by atoms with Crippen LogP contribution in [-0.4, -0.2) is 12.1 Å². The molecule has 0 saturated heterocycles. The van der Waals surface area contributed by atoms with Gasteiger partial charge in [0, 0.05) is 5.02 Å². The van der Waals surface area contributed by atoms with Gasteiger partial charge in [-0.1, -0.05) is 36.2 Å². The van der Waals surface area contributed by atoms with Crippen LogP contribution in [0.2, 0.25) is 5.02 Å². The number of carbonyl (C=O) groups is 1. The first kappa shape index (κ1) is 12.4. The molecule has 0 unspecified atom stereocenters. The molecule has 1 fully saturated rings. The first-order valence-corrected chi connectivity index (χ1v) is 6.56. The summed E-state index contributed by atoms with van der Waals surface area (Å²) in [5.74, 6) is -0.162. The van der Waals surface area contributed by atoms with Crippen molar-refractivity contribution in [2.75, 3.05) is 0 Å². The van der Waals surface area contributed by atoms with Crippen LogP contribution >= 0.6 is 11.6 Å². The quantitative estimate of drug-likeness (QED) is 0.766. The van der Waals surface area contributed by atoms with Crippen molar-refractivity contribution >= 4 is 17.6 Å². The van der Waals surface area contributed by atoms with Crippen molar-refractivity contribution < 1.29 is 9.53 Å². The van der Waals surface area contributed by atoms with Gasteiger partial charge < -0.3 is 4.74 Å². The number of benzene rings is 1. The monoisotopic (exact) mass is 252 g/mol. The fraction of sp³-hybridized carbons (Fsp3) is 0.500. The van der Waals surface area contributed by atoms with Crippen LogP contribution in [0, 0.1) is 0 Å². The predicted molar refractivity (Wildman–Crippen MR) is 68.1 cm³/mol. The van der Waals surface area contributed by atoms with Gasteiger partial charge in [0.2, 0.25) is 0 Å². The van der Waals surface area contributed by atoms with Crippen LogP contribution in [0.25, 0.3) is 0 Å². The minimum Gasteiger partial charge on any atom is -0.462 e. The minimum atomic E-state index is -0.162. The largest absolute Gasteiger partial charge is 0.462 e. The van der Waals surface area contributed by atoms with Gasteiger partial charge in [0.05, 0.1) is 6.42 Å². The van der Waals surface area contributed by atoms with Crippen LogP contribution in [0.15, 0.2) is 24.3 Å². The lowest BCUT2D eigenvalue weighted by Crippen LogP contribution is -2.22. The maximum atomic E-state index is 11.8. The second kappa shape index (κ2) is 6.06.